The Bertz CT molecular complexity index is 1690. The van der Waals surface area contributed by atoms with Crippen LogP contribution in [0.3, 0.4) is 0 Å². The molecule has 250 valence electrons. The molecular formula is C33H35FN2O10S. The fourth-order valence-electron chi connectivity index (χ4n) is 5.46. The Hall–Kier alpha value is -4.53. The monoisotopic (exact) mass is 670 g/mol. The van der Waals surface area contributed by atoms with Crippen molar-refractivity contribution in [2.45, 2.75) is 49.0 Å². The van der Waals surface area contributed by atoms with Crippen molar-refractivity contribution in [3.63, 3.8) is 0 Å². The van der Waals surface area contributed by atoms with Gasteiger partial charge in [-0.05, 0) is 48.2 Å². The van der Waals surface area contributed by atoms with Crippen molar-refractivity contribution < 1.29 is 51.2 Å². The molecule has 2 aliphatic rings. The van der Waals surface area contributed by atoms with Gasteiger partial charge in [-0.15, -0.1) is 0 Å². The van der Waals surface area contributed by atoms with Gasteiger partial charge in [0.25, 0.3) is 0 Å². The van der Waals surface area contributed by atoms with Crippen LogP contribution in [0.1, 0.15) is 30.9 Å². The number of sulfonamides is 1. The molecule has 0 aliphatic carbocycles. The van der Waals surface area contributed by atoms with Crippen LogP contribution in [0, 0.1) is 11.7 Å². The zero-order valence-corrected chi connectivity index (χ0v) is 26.4. The van der Waals surface area contributed by atoms with Crippen molar-refractivity contribution in [1.29, 1.82) is 0 Å². The van der Waals surface area contributed by atoms with Crippen LogP contribution in [-0.2, 0) is 45.8 Å². The molecule has 12 nitrogen and oxygen atoms in total. The second-order valence-corrected chi connectivity index (χ2v) is 13.3. The summed E-state index contributed by atoms with van der Waals surface area (Å²) in [5.41, 5.74) is -0.0164. The minimum atomic E-state index is -4.06. The van der Waals surface area contributed by atoms with Gasteiger partial charge in [0, 0.05) is 32.6 Å². The Morgan fingerprint density at radius 1 is 1.00 bits per heavy atom. The minimum Gasteiger partial charge on any atom is -0.480 e. The van der Waals surface area contributed by atoms with Crippen molar-refractivity contribution in [3.05, 3.63) is 95.8 Å². The van der Waals surface area contributed by atoms with E-state index < -0.39 is 51.8 Å². The quantitative estimate of drug-likeness (QED) is 0.214. The van der Waals surface area contributed by atoms with E-state index in [1.165, 1.54) is 53.7 Å². The number of nitrogens with one attached hydrogen (secondary N) is 1. The summed E-state index contributed by atoms with van der Waals surface area (Å²) in [6, 6.07) is 18.9. The molecule has 2 heterocycles. The van der Waals surface area contributed by atoms with Crippen LogP contribution >= 0.6 is 0 Å². The first-order chi connectivity index (χ1) is 22.4. The van der Waals surface area contributed by atoms with Crippen LogP contribution in [0.2, 0.25) is 0 Å². The van der Waals surface area contributed by atoms with Crippen molar-refractivity contribution in [2.24, 2.45) is 5.92 Å². The van der Waals surface area contributed by atoms with Crippen molar-refractivity contribution in [3.8, 4) is 5.75 Å². The zero-order valence-electron chi connectivity index (χ0n) is 25.5. The van der Waals surface area contributed by atoms with E-state index in [0.29, 0.717) is 31.6 Å². The fraction of sp³-hybridized carbons (Fsp3) is 0.364. The number of halogens is 1. The molecule has 1 amide bonds. The van der Waals surface area contributed by atoms with Crippen LogP contribution in [0.25, 0.3) is 0 Å². The van der Waals surface area contributed by atoms with E-state index in [9.17, 15) is 32.3 Å². The number of ether oxygens (including phenoxy) is 4. The third-order valence-corrected chi connectivity index (χ3v) is 9.74. The van der Waals surface area contributed by atoms with E-state index in [2.05, 4.69) is 5.32 Å². The highest BCUT2D eigenvalue weighted by molar-refractivity contribution is 7.89. The van der Waals surface area contributed by atoms with Gasteiger partial charge in [-0.3, -0.25) is 4.79 Å². The van der Waals surface area contributed by atoms with E-state index >= 15 is 0 Å². The van der Waals surface area contributed by atoms with Gasteiger partial charge in [0.15, 0.2) is 5.60 Å². The molecular weight excluding hydrogens is 635 g/mol. The summed E-state index contributed by atoms with van der Waals surface area (Å²) >= 11 is 0. The lowest BCUT2D eigenvalue weighted by Crippen LogP contribution is -2.64. The number of hydrogen-bond acceptors (Lipinski definition) is 9. The Balaban J connectivity index is 1.23. The van der Waals surface area contributed by atoms with Crippen LogP contribution in [0.15, 0.2) is 83.8 Å². The highest BCUT2D eigenvalue weighted by Crippen LogP contribution is 2.40. The number of esters is 1. The summed E-state index contributed by atoms with van der Waals surface area (Å²) in [7, 11) is -4.06. The molecule has 0 saturated carbocycles. The topological polar surface area (TPSA) is 158 Å². The van der Waals surface area contributed by atoms with Crippen LogP contribution < -0.4 is 10.1 Å². The highest BCUT2D eigenvalue weighted by atomic mass is 32.2. The number of aliphatic carboxylic acids is 1. The van der Waals surface area contributed by atoms with E-state index in [0.717, 1.165) is 5.56 Å². The van der Waals surface area contributed by atoms with Gasteiger partial charge >= 0.3 is 18.0 Å². The standard InChI is InChI=1S/C33H35FN2O10S/c1-22(44-31(39)24-13-15-43-16-14-24)45-32(40)35-29(30(37)38)18-23-7-5-12-28(17-23)47(41,42)36-20-33(21-36,25-8-3-2-4-9-25)46-27-11-6-10-26(34)19-27/h2-12,17,19,22,24,29H,13-16,18,20-21H2,1H3,(H,35,40)(H,37,38)/t22?,29-/m0/s1. The van der Waals surface area contributed by atoms with Crippen molar-refractivity contribution >= 4 is 28.1 Å². The molecule has 0 radical (unpaired) electrons. The normalized spacial score (nSPS) is 17.8. The second-order valence-electron chi connectivity index (χ2n) is 11.4. The molecule has 1 unspecified atom stereocenters. The molecule has 2 N–H and O–H groups in total. The number of carbonyl (C=O) groups excluding carboxylic acids is 2. The first-order valence-corrected chi connectivity index (χ1v) is 16.5. The Morgan fingerprint density at radius 2 is 1.70 bits per heavy atom. The lowest BCUT2D eigenvalue weighted by atomic mass is 9.87. The predicted molar refractivity (Wildman–Crippen MR) is 164 cm³/mol. The number of amides is 1. The van der Waals surface area contributed by atoms with Gasteiger partial charge in [-0.2, -0.15) is 4.31 Å². The molecule has 2 aliphatic heterocycles. The average molecular weight is 671 g/mol. The lowest BCUT2D eigenvalue weighted by molar-refractivity contribution is -0.173. The second kappa shape index (κ2) is 14.5. The third kappa shape index (κ3) is 8.25. The number of hydrogen-bond donors (Lipinski definition) is 2. The number of alkyl carbamates (subject to hydrolysis) is 1. The number of benzene rings is 3. The molecule has 3 aromatic carbocycles. The molecule has 14 heteroatoms. The SMILES string of the molecule is CC(OC(=O)N[C@@H](Cc1cccc(S(=O)(=O)N2CC(Oc3cccc(F)c3)(c3ccccc3)C2)c1)C(=O)O)OC(=O)C1CCOCC1. The predicted octanol–water partition coefficient (Wildman–Crippen LogP) is 3.84. The Labute approximate surface area is 271 Å². The number of carboxylic acid groups (broad SMARTS) is 1. The average Bonchev–Trinajstić information content (AvgIpc) is 3.03. The molecule has 0 aromatic heterocycles. The molecule has 5 rings (SSSR count). The van der Waals surface area contributed by atoms with Gasteiger partial charge in [-0.1, -0.05) is 48.5 Å². The number of rotatable bonds is 12. The Morgan fingerprint density at radius 3 is 2.38 bits per heavy atom. The Kier molecular flexibility index (Phi) is 10.4. The summed E-state index contributed by atoms with van der Waals surface area (Å²) in [6.07, 6.45) is -1.67. The molecule has 2 atom stereocenters. The van der Waals surface area contributed by atoms with E-state index in [4.69, 9.17) is 18.9 Å². The van der Waals surface area contributed by atoms with Gasteiger partial charge in [0.2, 0.25) is 16.3 Å². The molecule has 2 saturated heterocycles. The van der Waals surface area contributed by atoms with Crippen LogP contribution in [0.5, 0.6) is 5.75 Å². The maximum Gasteiger partial charge on any atom is 0.410 e. The lowest BCUT2D eigenvalue weighted by Gasteiger charge is -2.48. The van der Waals surface area contributed by atoms with Crippen LogP contribution in [0.4, 0.5) is 9.18 Å². The number of carbonyl (C=O) groups is 3. The van der Waals surface area contributed by atoms with E-state index in [1.54, 1.807) is 18.2 Å². The third-order valence-electron chi connectivity index (χ3n) is 7.95. The summed E-state index contributed by atoms with van der Waals surface area (Å²) in [4.78, 5) is 36.7. The molecule has 47 heavy (non-hydrogen) atoms. The first kappa shape index (κ1) is 33.8. The molecule has 0 bridgehead atoms. The van der Waals surface area contributed by atoms with Crippen molar-refractivity contribution in [2.75, 3.05) is 26.3 Å². The largest absolute Gasteiger partial charge is 0.480 e. The highest BCUT2D eigenvalue weighted by Gasteiger charge is 2.52. The van der Waals surface area contributed by atoms with E-state index in [-0.39, 0.29) is 36.1 Å². The maximum atomic E-state index is 13.9. The minimum absolute atomic E-state index is 0.0531. The zero-order chi connectivity index (χ0) is 33.6. The maximum absolute atomic E-state index is 13.9. The van der Waals surface area contributed by atoms with Gasteiger partial charge < -0.3 is 29.4 Å². The van der Waals surface area contributed by atoms with E-state index in [1.807, 2.05) is 18.2 Å². The van der Waals surface area contributed by atoms with Gasteiger partial charge in [0.1, 0.15) is 17.6 Å². The fourth-order valence-corrected chi connectivity index (χ4v) is 7.07. The summed E-state index contributed by atoms with van der Waals surface area (Å²) in [5, 5.41) is 12.0. The smallest absolute Gasteiger partial charge is 0.410 e. The molecule has 2 fully saturated rings. The van der Waals surface area contributed by atoms with Crippen molar-refractivity contribution in [1.82, 2.24) is 9.62 Å². The van der Waals surface area contributed by atoms with Crippen LogP contribution in [-0.4, -0.2) is 74.5 Å². The summed E-state index contributed by atoms with van der Waals surface area (Å²) in [6.45, 7) is 2.09. The number of nitrogens with zero attached hydrogens (tertiary/aromatic N) is 1. The first-order valence-electron chi connectivity index (χ1n) is 15.0. The summed E-state index contributed by atoms with van der Waals surface area (Å²) < 4.78 is 64.1. The molecule has 0 spiro atoms. The summed E-state index contributed by atoms with van der Waals surface area (Å²) in [5.74, 6) is -2.53. The number of carboxylic acids is 1. The van der Waals surface area contributed by atoms with Gasteiger partial charge in [-0.25, -0.2) is 22.4 Å². The molecule has 3 aromatic rings. The van der Waals surface area contributed by atoms with Gasteiger partial charge in [0.05, 0.1) is 23.9 Å².